The van der Waals surface area contributed by atoms with E-state index in [1.807, 2.05) is 42.5 Å². The lowest BCUT2D eigenvalue weighted by atomic mass is 9.89. The van der Waals surface area contributed by atoms with E-state index in [9.17, 15) is 4.79 Å². The molecule has 0 aromatic heterocycles. The summed E-state index contributed by atoms with van der Waals surface area (Å²) < 4.78 is 10.6. The molecule has 0 bridgehead atoms. The summed E-state index contributed by atoms with van der Waals surface area (Å²) in [5, 5.41) is 0. The van der Waals surface area contributed by atoms with Crippen molar-refractivity contribution in [3.8, 4) is 11.5 Å². The Bertz CT molecular complexity index is 634. The molecule has 1 atom stereocenters. The van der Waals surface area contributed by atoms with Crippen molar-refractivity contribution in [2.45, 2.75) is 25.7 Å². The van der Waals surface area contributed by atoms with Crippen LogP contribution in [0.15, 0.2) is 48.5 Å². The average Bonchev–Trinajstić information content (AvgIpc) is 2.59. The summed E-state index contributed by atoms with van der Waals surface area (Å²) in [7, 11) is 3.27. The number of methoxy groups -OCH3 is 2. The van der Waals surface area contributed by atoms with Crippen molar-refractivity contribution >= 4 is 5.78 Å². The minimum Gasteiger partial charge on any atom is -0.497 e. The van der Waals surface area contributed by atoms with E-state index in [2.05, 4.69) is 6.92 Å². The van der Waals surface area contributed by atoms with Gasteiger partial charge in [-0.05, 0) is 36.1 Å². The van der Waals surface area contributed by atoms with Gasteiger partial charge in [-0.2, -0.15) is 0 Å². The molecule has 0 saturated heterocycles. The van der Waals surface area contributed by atoms with Gasteiger partial charge in [-0.1, -0.05) is 37.3 Å². The summed E-state index contributed by atoms with van der Waals surface area (Å²) in [6.45, 7) is 2.09. The summed E-state index contributed by atoms with van der Waals surface area (Å²) in [6.07, 6.45) is 1.35. The van der Waals surface area contributed by atoms with Crippen LogP contribution in [-0.2, 0) is 0 Å². The van der Waals surface area contributed by atoms with Crippen LogP contribution in [0.2, 0.25) is 0 Å². The first-order chi connectivity index (χ1) is 10.7. The van der Waals surface area contributed by atoms with Gasteiger partial charge in [-0.25, -0.2) is 0 Å². The van der Waals surface area contributed by atoms with Crippen LogP contribution in [-0.4, -0.2) is 20.0 Å². The smallest absolute Gasteiger partial charge is 0.163 e. The van der Waals surface area contributed by atoms with Gasteiger partial charge >= 0.3 is 0 Å². The molecule has 0 N–H and O–H groups in total. The quantitative estimate of drug-likeness (QED) is 0.707. The third kappa shape index (κ3) is 3.67. The standard InChI is InChI=1S/C19H22O3/c1-4-14(17-10-5-6-11-19(17)22-3)13-18(20)15-8-7-9-16(12-15)21-2/h5-12,14H,4,13H2,1-3H3/t14-/m1/s1. The molecule has 0 aliphatic rings. The molecule has 0 radical (unpaired) electrons. The van der Waals surface area contributed by atoms with Crippen LogP contribution in [0.3, 0.4) is 0 Å². The molecule has 2 rings (SSSR count). The van der Waals surface area contributed by atoms with E-state index < -0.39 is 0 Å². The maximum atomic E-state index is 12.6. The van der Waals surface area contributed by atoms with Crippen molar-refractivity contribution in [2.75, 3.05) is 14.2 Å². The maximum Gasteiger partial charge on any atom is 0.163 e. The molecule has 0 aliphatic heterocycles. The molecular formula is C19H22O3. The van der Waals surface area contributed by atoms with Crippen LogP contribution < -0.4 is 9.47 Å². The molecule has 22 heavy (non-hydrogen) atoms. The van der Waals surface area contributed by atoms with Crippen molar-refractivity contribution in [2.24, 2.45) is 0 Å². The first-order valence-corrected chi connectivity index (χ1v) is 7.49. The van der Waals surface area contributed by atoms with Crippen molar-refractivity contribution in [1.82, 2.24) is 0 Å². The summed E-state index contributed by atoms with van der Waals surface area (Å²) in [5.41, 5.74) is 1.77. The largest absolute Gasteiger partial charge is 0.497 e. The monoisotopic (exact) mass is 298 g/mol. The number of ketones is 1. The number of hydrogen-bond acceptors (Lipinski definition) is 3. The highest BCUT2D eigenvalue weighted by Gasteiger charge is 2.19. The van der Waals surface area contributed by atoms with Crippen LogP contribution >= 0.6 is 0 Å². The molecule has 0 fully saturated rings. The number of ether oxygens (including phenoxy) is 2. The first-order valence-electron chi connectivity index (χ1n) is 7.49. The molecule has 0 unspecified atom stereocenters. The van der Waals surface area contributed by atoms with E-state index >= 15 is 0 Å². The molecule has 3 heteroatoms. The second-order valence-electron chi connectivity index (χ2n) is 5.21. The zero-order valence-corrected chi connectivity index (χ0v) is 13.3. The summed E-state index contributed by atoms with van der Waals surface area (Å²) >= 11 is 0. The van der Waals surface area contributed by atoms with Crippen LogP contribution in [0, 0.1) is 0 Å². The van der Waals surface area contributed by atoms with Crippen molar-refractivity contribution in [3.05, 3.63) is 59.7 Å². The fourth-order valence-corrected chi connectivity index (χ4v) is 2.62. The average molecular weight is 298 g/mol. The molecule has 0 saturated carbocycles. The van der Waals surface area contributed by atoms with Crippen LogP contribution in [0.25, 0.3) is 0 Å². The van der Waals surface area contributed by atoms with Crippen LogP contribution in [0.1, 0.15) is 41.6 Å². The highest BCUT2D eigenvalue weighted by Crippen LogP contribution is 2.32. The molecule has 0 spiro atoms. The molecule has 116 valence electrons. The minimum atomic E-state index is 0.122. The molecule has 2 aromatic rings. The molecule has 2 aromatic carbocycles. The number of benzene rings is 2. The number of carbonyl (C=O) groups is 1. The topological polar surface area (TPSA) is 35.5 Å². The Morgan fingerprint density at radius 2 is 1.82 bits per heavy atom. The van der Waals surface area contributed by atoms with Gasteiger partial charge in [0, 0.05) is 12.0 Å². The maximum absolute atomic E-state index is 12.6. The Balaban J connectivity index is 2.20. The van der Waals surface area contributed by atoms with Crippen molar-refractivity contribution in [3.63, 3.8) is 0 Å². The normalized spacial score (nSPS) is 11.8. The molecule has 0 aliphatic carbocycles. The van der Waals surface area contributed by atoms with Gasteiger partial charge in [-0.3, -0.25) is 4.79 Å². The second-order valence-corrected chi connectivity index (χ2v) is 5.21. The first kappa shape index (κ1) is 16.1. The van der Waals surface area contributed by atoms with E-state index in [-0.39, 0.29) is 11.7 Å². The van der Waals surface area contributed by atoms with Crippen LogP contribution in [0.4, 0.5) is 0 Å². The minimum absolute atomic E-state index is 0.122. The van der Waals surface area contributed by atoms with Gasteiger partial charge in [0.05, 0.1) is 14.2 Å². The fourth-order valence-electron chi connectivity index (χ4n) is 2.62. The zero-order valence-electron chi connectivity index (χ0n) is 13.3. The summed E-state index contributed by atoms with van der Waals surface area (Å²) in [5.74, 6) is 1.82. The van der Waals surface area contributed by atoms with Gasteiger partial charge in [0.15, 0.2) is 5.78 Å². The number of Topliss-reactive ketones (excluding diaryl/α,β-unsaturated/α-hetero) is 1. The van der Waals surface area contributed by atoms with Gasteiger partial charge < -0.3 is 9.47 Å². The van der Waals surface area contributed by atoms with Gasteiger partial charge in [-0.15, -0.1) is 0 Å². The van der Waals surface area contributed by atoms with Crippen LogP contribution in [0.5, 0.6) is 11.5 Å². The second kappa shape index (κ2) is 7.64. The molecular weight excluding hydrogens is 276 g/mol. The molecule has 0 heterocycles. The number of hydrogen-bond donors (Lipinski definition) is 0. The van der Waals surface area contributed by atoms with Crippen molar-refractivity contribution in [1.29, 1.82) is 0 Å². The van der Waals surface area contributed by atoms with Gasteiger partial charge in [0.1, 0.15) is 11.5 Å². The predicted octanol–water partition coefficient (Wildman–Crippen LogP) is 4.47. The highest BCUT2D eigenvalue weighted by atomic mass is 16.5. The molecule has 0 amide bonds. The van der Waals surface area contributed by atoms with E-state index in [4.69, 9.17) is 9.47 Å². The Morgan fingerprint density at radius 3 is 2.50 bits per heavy atom. The van der Waals surface area contributed by atoms with E-state index in [0.717, 1.165) is 17.7 Å². The van der Waals surface area contributed by atoms with E-state index in [0.29, 0.717) is 17.7 Å². The lowest BCUT2D eigenvalue weighted by Gasteiger charge is -2.18. The van der Waals surface area contributed by atoms with Crippen molar-refractivity contribution < 1.29 is 14.3 Å². The highest BCUT2D eigenvalue weighted by molar-refractivity contribution is 5.97. The van der Waals surface area contributed by atoms with E-state index in [1.165, 1.54) is 0 Å². The lowest BCUT2D eigenvalue weighted by Crippen LogP contribution is -2.08. The van der Waals surface area contributed by atoms with Gasteiger partial charge in [0.25, 0.3) is 0 Å². The Hall–Kier alpha value is -2.29. The SMILES string of the molecule is CC[C@H](CC(=O)c1cccc(OC)c1)c1ccccc1OC. The number of para-hydroxylation sites is 1. The zero-order chi connectivity index (χ0) is 15.9. The summed E-state index contributed by atoms with van der Waals surface area (Å²) in [6, 6.07) is 15.2. The fraction of sp³-hybridized carbons (Fsp3) is 0.316. The molecule has 3 nitrogen and oxygen atoms in total. The summed E-state index contributed by atoms with van der Waals surface area (Å²) in [4.78, 5) is 12.6. The predicted molar refractivity (Wildman–Crippen MR) is 88.0 cm³/mol. The number of carbonyl (C=O) groups excluding carboxylic acids is 1. The third-order valence-electron chi connectivity index (χ3n) is 3.90. The Kier molecular flexibility index (Phi) is 5.59. The van der Waals surface area contributed by atoms with Gasteiger partial charge in [0.2, 0.25) is 0 Å². The van der Waals surface area contributed by atoms with E-state index in [1.54, 1.807) is 20.3 Å². The Morgan fingerprint density at radius 1 is 1.05 bits per heavy atom. The number of rotatable bonds is 7. The lowest BCUT2D eigenvalue weighted by molar-refractivity contribution is 0.0972. The third-order valence-corrected chi connectivity index (χ3v) is 3.90. The Labute approximate surface area is 131 Å².